The van der Waals surface area contributed by atoms with Crippen molar-refractivity contribution in [2.75, 3.05) is 24.5 Å². The van der Waals surface area contributed by atoms with Gasteiger partial charge in [-0.1, -0.05) is 36.4 Å². The third-order valence-corrected chi connectivity index (χ3v) is 6.96. The average Bonchev–Trinajstić information content (AvgIpc) is 3.08. The number of rotatable bonds is 4. The number of carboxylic acids is 1. The lowest BCUT2D eigenvalue weighted by molar-refractivity contribution is -0.138. The van der Waals surface area contributed by atoms with Crippen LogP contribution in [0.3, 0.4) is 0 Å². The zero-order valence-corrected chi connectivity index (χ0v) is 18.1. The van der Waals surface area contributed by atoms with Gasteiger partial charge in [-0.25, -0.2) is 4.98 Å². The number of nitriles is 1. The van der Waals surface area contributed by atoms with Crippen LogP contribution in [0.5, 0.6) is 0 Å². The maximum atomic E-state index is 13.9. The zero-order valence-electron chi connectivity index (χ0n) is 18.1. The Morgan fingerprint density at radius 2 is 1.97 bits per heavy atom. The van der Waals surface area contributed by atoms with E-state index >= 15 is 0 Å². The summed E-state index contributed by atoms with van der Waals surface area (Å²) in [6.45, 7) is 0.967. The molecule has 1 atom stereocenters. The van der Waals surface area contributed by atoms with E-state index in [-0.39, 0.29) is 12.5 Å². The van der Waals surface area contributed by atoms with Gasteiger partial charge in [0.15, 0.2) is 0 Å². The van der Waals surface area contributed by atoms with Crippen LogP contribution < -0.4 is 4.90 Å². The molecule has 1 amide bonds. The fraction of sp³-hybridized carbons (Fsp3) is 0.308. The number of hydrogen-bond acceptors (Lipinski definition) is 5. The van der Waals surface area contributed by atoms with E-state index in [0.717, 1.165) is 17.7 Å². The van der Waals surface area contributed by atoms with Crippen molar-refractivity contribution in [3.05, 3.63) is 77.5 Å². The molecule has 1 spiro atoms. The largest absolute Gasteiger partial charge is 0.480 e. The van der Waals surface area contributed by atoms with Crippen LogP contribution >= 0.6 is 0 Å². The van der Waals surface area contributed by atoms with E-state index in [0.29, 0.717) is 43.2 Å². The lowest BCUT2D eigenvalue weighted by atomic mass is 9.74. The second-order valence-electron chi connectivity index (χ2n) is 8.85. The van der Waals surface area contributed by atoms with Gasteiger partial charge >= 0.3 is 5.97 Å². The Hall–Kier alpha value is -3.76. The van der Waals surface area contributed by atoms with E-state index in [4.69, 9.17) is 5.11 Å². The van der Waals surface area contributed by atoms with Gasteiger partial charge in [-0.3, -0.25) is 19.4 Å². The van der Waals surface area contributed by atoms with Gasteiger partial charge in [0, 0.05) is 30.8 Å². The number of hydrogen-bond donors (Lipinski definition) is 1. The Balaban J connectivity index is 1.49. The molecule has 2 aromatic rings. The molecule has 7 heteroatoms. The van der Waals surface area contributed by atoms with Gasteiger partial charge in [-0.2, -0.15) is 5.26 Å². The molecule has 1 fully saturated rings. The van der Waals surface area contributed by atoms with Gasteiger partial charge in [0.2, 0.25) is 5.91 Å². The summed E-state index contributed by atoms with van der Waals surface area (Å²) in [6, 6.07) is 11.9. The van der Waals surface area contributed by atoms with Crippen molar-refractivity contribution >= 4 is 23.4 Å². The molecule has 1 N–H and O–H groups in total. The van der Waals surface area contributed by atoms with Crippen molar-refractivity contribution in [1.29, 1.82) is 5.26 Å². The number of pyridine rings is 1. The number of aliphatic carboxylic acids is 1. The monoisotopic (exact) mass is 440 g/mol. The van der Waals surface area contributed by atoms with Crippen molar-refractivity contribution in [3.8, 4) is 6.07 Å². The number of likely N-dealkylation sites (tertiary alicyclic amines) is 1. The van der Waals surface area contributed by atoms with Crippen LogP contribution in [-0.2, 0) is 15.0 Å². The molecule has 1 aromatic carbocycles. The lowest BCUT2D eigenvalue weighted by Crippen LogP contribution is -2.49. The second kappa shape index (κ2) is 8.30. The fourth-order valence-corrected chi connectivity index (χ4v) is 5.18. The normalized spacial score (nSPS) is 21.2. The Kier molecular flexibility index (Phi) is 5.31. The lowest BCUT2D eigenvalue weighted by Gasteiger charge is -2.37. The third kappa shape index (κ3) is 3.62. The molecule has 0 saturated carbocycles. The third-order valence-electron chi connectivity index (χ3n) is 6.96. The first-order chi connectivity index (χ1) is 16.0. The number of carbonyl (C=O) groups excluding carboxylic acids is 1. The van der Waals surface area contributed by atoms with E-state index in [1.54, 1.807) is 11.0 Å². The van der Waals surface area contributed by atoms with Gasteiger partial charge in [0.05, 0.1) is 23.2 Å². The summed E-state index contributed by atoms with van der Waals surface area (Å²) in [5.74, 6) is -0.0309. The Morgan fingerprint density at radius 1 is 1.21 bits per heavy atom. The molecule has 166 valence electrons. The molecule has 5 rings (SSSR count). The predicted molar refractivity (Wildman–Crippen MR) is 123 cm³/mol. The van der Waals surface area contributed by atoms with Crippen molar-refractivity contribution in [2.24, 2.45) is 0 Å². The van der Waals surface area contributed by atoms with Gasteiger partial charge in [-0.15, -0.1) is 0 Å². The molecule has 0 bridgehead atoms. The van der Waals surface area contributed by atoms with Crippen LogP contribution in [0.2, 0.25) is 0 Å². The molecule has 0 radical (unpaired) electrons. The van der Waals surface area contributed by atoms with Crippen LogP contribution in [0.4, 0.5) is 11.5 Å². The molecule has 33 heavy (non-hydrogen) atoms. The number of fused-ring (bicyclic) bond motifs is 2. The SMILES string of the molecule is N#Cc1cnc2c(c1)C1(CCN(CC(=O)O)CC1)C(=O)N2c1ccc(C2C=CC=CC2)cc1. The molecule has 3 heterocycles. The predicted octanol–water partition coefficient (Wildman–Crippen LogP) is 3.65. The van der Waals surface area contributed by atoms with E-state index < -0.39 is 11.4 Å². The number of carboxylic acid groups (broad SMARTS) is 1. The van der Waals surface area contributed by atoms with Crippen molar-refractivity contribution in [3.63, 3.8) is 0 Å². The topological polar surface area (TPSA) is 97.5 Å². The van der Waals surface area contributed by atoms with Crippen molar-refractivity contribution < 1.29 is 14.7 Å². The second-order valence-corrected chi connectivity index (χ2v) is 8.85. The highest BCUT2D eigenvalue weighted by Crippen LogP contribution is 2.50. The number of benzene rings is 1. The maximum Gasteiger partial charge on any atom is 0.317 e. The van der Waals surface area contributed by atoms with Crippen molar-refractivity contribution in [2.45, 2.75) is 30.6 Å². The summed E-state index contributed by atoms with van der Waals surface area (Å²) in [7, 11) is 0. The highest BCUT2D eigenvalue weighted by Gasteiger charge is 2.53. The molecule has 1 unspecified atom stereocenters. The van der Waals surface area contributed by atoms with Crippen LogP contribution in [0.25, 0.3) is 0 Å². The van der Waals surface area contributed by atoms with E-state index in [1.165, 1.54) is 11.8 Å². The summed E-state index contributed by atoms with van der Waals surface area (Å²) in [5.41, 5.74) is 2.34. The van der Waals surface area contributed by atoms with Crippen LogP contribution in [-0.4, -0.2) is 46.5 Å². The fourth-order valence-electron chi connectivity index (χ4n) is 5.18. The molecule has 2 aliphatic heterocycles. The summed E-state index contributed by atoms with van der Waals surface area (Å²) in [4.78, 5) is 33.1. The Bertz CT molecular complexity index is 1200. The molecule has 3 aliphatic rings. The summed E-state index contributed by atoms with van der Waals surface area (Å²) >= 11 is 0. The average molecular weight is 441 g/mol. The molecule has 1 saturated heterocycles. The number of piperidine rings is 1. The molecular formula is C26H24N4O3. The first-order valence-corrected chi connectivity index (χ1v) is 11.1. The minimum absolute atomic E-state index is 0.0381. The van der Waals surface area contributed by atoms with E-state index in [1.807, 2.05) is 23.1 Å². The van der Waals surface area contributed by atoms with Crippen LogP contribution in [0, 0.1) is 11.3 Å². The quantitative estimate of drug-likeness (QED) is 0.779. The van der Waals surface area contributed by atoms with E-state index in [9.17, 15) is 14.9 Å². The molecule has 1 aliphatic carbocycles. The first-order valence-electron chi connectivity index (χ1n) is 11.1. The number of nitrogens with zero attached hydrogens (tertiary/aromatic N) is 4. The summed E-state index contributed by atoms with van der Waals surface area (Å²) in [5, 5.41) is 18.6. The standard InChI is InChI=1S/C26H24N4O3/c27-15-18-14-22-24(28-16-18)30(21-8-6-20(7-9-21)19-4-2-1-3-5-19)25(33)26(22)10-12-29(13-11-26)17-23(31)32/h1-4,6-9,14,16,19H,5,10-13,17H2,(H,31,32). The smallest absolute Gasteiger partial charge is 0.317 e. The van der Waals surface area contributed by atoms with Gasteiger partial charge in [0.1, 0.15) is 11.9 Å². The summed E-state index contributed by atoms with van der Waals surface area (Å²) in [6.07, 6.45) is 11.9. The number of aromatic nitrogens is 1. The highest BCUT2D eigenvalue weighted by atomic mass is 16.4. The van der Waals surface area contributed by atoms with E-state index in [2.05, 4.69) is 41.4 Å². The van der Waals surface area contributed by atoms with Gasteiger partial charge in [0.25, 0.3) is 0 Å². The minimum Gasteiger partial charge on any atom is -0.480 e. The molecule has 7 nitrogen and oxygen atoms in total. The number of amides is 1. The maximum absolute atomic E-state index is 13.9. The van der Waals surface area contributed by atoms with Gasteiger partial charge in [-0.05, 0) is 43.0 Å². The highest BCUT2D eigenvalue weighted by molar-refractivity contribution is 6.12. The Labute approximate surface area is 192 Å². The number of carbonyl (C=O) groups is 2. The van der Waals surface area contributed by atoms with Gasteiger partial charge < -0.3 is 5.11 Å². The Morgan fingerprint density at radius 3 is 2.61 bits per heavy atom. The molecular weight excluding hydrogens is 416 g/mol. The summed E-state index contributed by atoms with van der Waals surface area (Å²) < 4.78 is 0. The molecule has 1 aromatic heterocycles. The zero-order chi connectivity index (χ0) is 23.0. The van der Waals surface area contributed by atoms with Crippen LogP contribution in [0.1, 0.15) is 41.9 Å². The van der Waals surface area contributed by atoms with Crippen LogP contribution in [0.15, 0.2) is 60.8 Å². The first kappa shape index (κ1) is 21.1. The van der Waals surface area contributed by atoms with Crippen molar-refractivity contribution in [1.82, 2.24) is 9.88 Å². The number of allylic oxidation sites excluding steroid dienone is 4. The number of anilines is 2. The minimum atomic E-state index is -0.873.